The highest BCUT2D eigenvalue weighted by Crippen LogP contribution is 2.35. The van der Waals surface area contributed by atoms with Crippen molar-refractivity contribution in [1.29, 1.82) is 0 Å². The van der Waals surface area contributed by atoms with Crippen LogP contribution in [0, 0.1) is 0 Å². The van der Waals surface area contributed by atoms with Crippen molar-refractivity contribution >= 4 is 28.9 Å². The molecule has 0 heterocycles. The maximum Gasteiger partial charge on any atom is 0.157 e. The average molecular weight is 248 g/mol. The molecule has 1 unspecified atom stereocenters. The Balaban J connectivity index is 2.85. The quantitative estimate of drug-likeness (QED) is 0.812. The van der Waals surface area contributed by atoms with Gasteiger partial charge in [0, 0.05) is 5.69 Å². The summed E-state index contributed by atoms with van der Waals surface area (Å²) in [6.07, 6.45) is 2.14. The molecule has 0 saturated carbocycles. The number of anilines is 1. The number of hydrogen-bond donors (Lipinski definition) is 1. The van der Waals surface area contributed by atoms with Gasteiger partial charge in [-0.05, 0) is 25.5 Å². The van der Waals surface area contributed by atoms with Gasteiger partial charge in [-0.2, -0.15) is 0 Å². The van der Waals surface area contributed by atoms with Crippen molar-refractivity contribution in [2.24, 2.45) is 0 Å². The van der Waals surface area contributed by atoms with Gasteiger partial charge in [0.2, 0.25) is 0 Å². The van der Waals surface area contributed by atoms with Crippen molar-refractivity contribution in [3.8, 4) is 5.75 Å². The van der Waals surface area contributed by atoms with E-state index in [2.05, 4.69) is 6.92 Å². The van der Waals surface area contributed by atoms with Crippen molar-refractivity contribution in [3.05, 3.63) is 22.2 Å². The second kappa shape index (κ2) is 5.47. The zero-order valence-electron chi connectivity index (χ0n) is 8.89. The molecule has 0 saturated heterocycles. The minimum Gasteiger partial charge on any atom is -0.488 e. The fraction of sp³-hybridized carbons (Fsp3) is 0.455. The van der Waals surface area contributed by atoms with Gasteiger partial charge in [0.25, 0.3) is 0 Å². The van der Waals surface area contributed by atoms with Gasteiger partial charge < -0.3 is 10.5 Å². The van der Waals surface area contributed by atoms with Crippen LogP contribution in [0.5, 0.6) is 5.75 Å². The van der Waals surface area contributed by atoms with Crippen LogP contribution in [0.2, 0.25) is 10.0 Å². The summed E-state index contributed by atoms with van der Waals surface area (Å²) in [5.41, 5.74) is 6.14. The Morgan fingerprint density at radius 3 is 2.33 bits per heavy atom. The van der Waals surface area contributed by atoms with E-state index in [1.54, 1.807) is 12.1 Å². The van der Waals surface area contributed by atoms with Gasteiger partial charge in [0.05, 0.1) is 16.1 Å². The fourth-order valence-electron chi connectivity index (χ4n) is 1.36. The van der Waals surface area contributed by atoms with E-state index in [9.17, 15) is 0 Å². The third-order valence-electron chi connectivity index (χ3n) is 2.03. The molecule has 0 aromatic heterocycles. The Kier molecular flexibility index (Phi) is 4.55. The minimum absolute atomic E-state index is 0.105. The lowest BCUT2D eigenvalue weighted by Gasteiger charge is -2.16. The van der Waals surface area contributed by atoms with Gasteiger partial charge in [-0.15, -0.1) is 0 Å². The number of ether oxygens (including phenoxy) is 1. The number of hydrogen-bond acceptors (Lipinski definition) is 2. The molecule has 1 atom stereocenters. The maximum atomic E-state index is 5.99. The SMILES string of the molecule is CCCC(C)Oc1c(Cl)cc(N)cc1Cl. The Hall–Kier alpha value is -0.600. The Bertz CT molecular complexity index is 318. The molecular weight excluding hydrogens is 233 g/mol. The summed E-state index contributed by atoms with van der Waals surface area (Å²) in [7, 11) is 0. The van der Waals surface area contributed by atoms with Crippen molar-refractivity contribution in [3.63, 3.8) is 0 Å². The van der Waals surface area contributed by atoms with Gasteiger partial charge in [0.1, 0.15) is 0 Å². The van der Waals surface area contributed by atoms with Crippen LogP contribution in [-0.2, 0) is 0 Å². The summed E-state index contributed by atoms with van der Waals surface area (Å²) >= 11 is 12.0. The number of nitrogens with two attached hydrogens (primary N) is 1. The molecule has 0 bridgehead atoms. The molecule has 2 nitrogen and oxygen atoms in total. The first-order valence-corrected chi connectivity index (χ1v) is 5.71. The monoisotopic (exact) mass is 247 g/mol. The van der Waals surface area contributed by atoms with Crippen LogP contribution >= 0.6 is 23.2 Å². The van der Waals surface area contributed by atoms with Gasteiger partial charge in [-0.25, -0.2) is 0 Å². The minimum atomic E-state index is 0.105. The molecule has 1 aromatic rings. The van der Waals surface area contributed by atoms with Crippen LogP contribution < -0.4 is 10.5 Å². The average Bonchev–Trinajstić information content (AvgIpc) is 2.11. The van der Waals surface area contributed by atoms with E-state index in [0.29, 0.717) is 21.5 Å². The second-order valence-corrected chi connectivity index (χ2v) is 4.35. The van der Waals surface area contributed by atoms with Gasteiger partial charge in [-0.3, -0.25) is 0 Å². The lowest BCUT2D eigenvalue weighted by molar-refractivity contribution is 0.210. The molecule has 4 heteroatoms. The molecule has 0 amide bonds. The number of halogens is 2. The molecule has 0 aliphatic heterocycles. The van der Waals surface area contributed by atoms with E-state index in [1.165, 1.54) is 0 Å². The third kappa shape index (κ3) is 3.47. The molecule has 1 aromatic carbocycles. The smallest absolute Gasteiger partial charge is 0.157 e. The van der Waals surface area contributed by atoms with Gasteiger partial charge >= 0.3 is 0 Å². The second-order valence-electron chi connectivity index (χ2n) is 3.53. The Morgan fingerprint density at radius 2 is 1.87 bits per heavy atom. The normalized spacial score (nSPS) is 12.5. The van der Waals surface area contributed by atoms with Gasteiger partial charge in [0.15, 0.2) is 5.75 Å². The molecule has 2 N–H and O–H groups in total. The standard InChI is InChI=1S/C11H15Cl2NO/c1-3-4-7(2)15-11-9(12)5-8(14)6-10(11)13/h5-7H,3-4,14H2,1-2H3. The highest BCUT2D eigenvalue weighted by molar-refractivity contribution is 6.37. The summed E-state index contributed by atoms with van der Waals surface area (Å²) in [6.45, 7) is 4.10. The first-order valence-electron chi connectivity index (χ1n) is 4.95. The van der Waals surface area contributed by atoms with E-state index >= 15 is 0 Å². The Morgan fingerprint density at radius 1 is 1.33 bits per heavy atom. The molecule has 1 rings (SSSR count). The molecule has 0 aliphatic rings. The molecule has 15 heavy (non-hydrogen) atoms. The van der Waals surface area contributed by atoms with Crippen LogP contribution in [0.15, 0.2) is 12.1 Å². The van der Waals surface area contributed by atoms with Crippen molar-refractivity contribution < 1.29 is 4.74 Å². The lowest BCUT2D eigenvalue weighted by atomic mass is 10.2. The van der Waals surface area contributed by atoms with Crippen LogP contribution in [0.1, 0.15) is 26.7 Å². The highest BCUT2D eigenvalue weighted by Gasteiger charge is 2.11. The van der Waals surface area contributed by atoms with Crippen LogP contribution in [-0.4, -0.2) is 6.10 Å². The molecule has 0 fully saturated rings. The maximum absolute atomic E-state index is 5.99. The summed E-state index contributed by atoms with van der Waals surface area (Å²) in [4.78, 5) is 0. The molecular formula is C11H15Cl2NO. The fourth-order valence-corrected chi connectivity index (χ4v) is 1.95. The van der Waals surface area contributed by atoms with Crippen molar-refractivity contribution in [1.82, 2.24) is 0 Å². The topological polar surface area (TPSA) is 35.2 Å². The predicted molar refractivity (Wildman–Crippen MR) is 65.9 cm³/mol. The Labute approximate surface area is 100 Å². The summed E-state index contributed by atoms with van der Waals surface area (Å²) < 4.78 is 5.65. The summed E-state index contributed by atoms with van der Waals surface area (Å²) in [5.74, 6) is 0.522. The molecule has 84 valence electrons. The van der Waals surface area contributed by atoms with E-state index < -0.39 is 0 Å². The van der Waals surface area contributed by atoms with Crippen LogP contribution in [0.3, 0.4) is 0 Å². The summed E-state index contributed by atoms with van der Waals surface area (Å²) in [6, 6.07) is 3.28. The zero-order valence-corrected chi connectivity index (χ0v) is 10.4. The first-order chi connectivity index (χ1) is 7.04. The largest absolute Gasteiger partial charge is 0.488 e. The molecule has 0 aliphatic carbocycles. The van der Waals surface area contributed by atoms with Crippen LogP contribution in [0.25, 0.3) is 0 Å². The summed E-state index contributed by atoms with van der Waals surface area (Å²) in [5, 5.41) is 0.922. The van der Waals surface area contributed by atoms with E-state index in [1.807, 2.05) is 6.92 Å². The lowest BCUT2D eigenvalue weighted by Crippen LogP contribution is -2.11. The zero-order chi connectivity index (χ0) is 11.4. The third-order valence-corrected chi connectivity index (χ3v) is 2.60. The molecule has 0 spiro atoms. The van der Waals surface area contributed by atoms with Gasteiger partial charge in [-0.1, -0.05) is 36.5 Å². The first kappa shape index (κ1) is 12.5. The molecule has 0 radical (unpaired) electrons. The number of rotatable bonds is 4. The van der Waals surface area contributed by atoms with Crippen LogP contribution in [0.4, 0.5) is 5.69 Å². The highest BCUT2D eigenvalue weighted by atomic mass is 35.5. The number of benzene rings is 1. The van der Waals surface area contributed by atoms with E-state index in [-0.39, 0.29) is 6.10 Å². The van der Waals surface area contributed by atoms with Crippen molar-refractivity contribution in [2.45, 2.75) is 32.8 Å². The predicted octanol–water partition coefficient (Wildman–Crippen LogP) is 4.14. The van der Waals surface area contributed by atoms with E-state index in [0.717, 1.165) is 12.8 Å². The number of nitrogen functional groups attached to an aromatic ring is 1. The van der Waals surface area contributed by atoms with Crippen molar-refractivity contribution in [2.75, 3.05) is 5.73 Å². The van der Waals surface area contributed by atoms with E-state index in [4.69, 9.17) is 33.7 Å².